The Hall–Kier alpha value is -2.86. The third kappa shape index (κ3) is 5.44. The van der Waals surface area contributed by atoms with Gasteiger partial charge in [-0.15, -0.1) is 22.0 Å². The molecule has 1 aromatic heterocycles. The fourth-order valence-electron chi connectivity index (χ4n) is 3.84. The normalized spacial score (nSPS) is 14.2. The Kier molecular flexibility index (Phi) is 7.20. The molecule has 5 nitrogen and oxygen atoms in total. The molecular weight excluding hydrogens is 404 g/mol. The van der Waals surface area contributed by atoms with Crippen molar-refractivity contribution in [1.82, 2.24) is 10.2 Å². The van der Waals surface area contributed by atoms with Crippen LogP contribution in [0.15, 0.2) is 65.6 Å². The molecule has 6 heteroatoms. The number of hydrogen-bond acceptors (Lipinski definition) is 5. The second-order valence-electron chi connectivity index (χ2n) is 7.64. The van der Waals surface area contributed by atoms with Gasteiger partial charge in [-0.2, -0.15) is 0 Å². The molecule has 0 radical (unpaired) electrons. The summed E-state index contributed by atoms with van der Waals surface area (Å²) in [6.45, 7) is 4.18. The molecule has 1 aliphatic heterocycles. The highest BCUT2D eigenvalue weighted by atomic mass is 32.2. The summed E-state index contributed by atoms with van der Waals surface area (Å²) < 4.78 is 0. The van der Waals surface area contributed by atoms with Gasteiger partial charge < -0.3 is 10.2 Å². The lowest BCUT2D eigenvalue weighted by Gasteiger charge is -2.20. The number of hydrogen-bond donors (Lipinski definition) is 1. The molecule has 0 spiro atoms. The Morgan fingerprint density at radius 3 is 2.52 bits per heavy atom. The van der Waals surface area contributed by atoms with Crippen LogP contribution in [0, 0.1) is 0 Å². The standard InChI is InChI=1S/C25H28N4OS/c1-2-31-23-13-6-5-12-21(23)25(30)26-20-11-9-10-19(18-20)22-14-15-24(28-27-22)29-16-7-3-4-8-17-29/h5-6,9-15,18H,2-4,7-8,16-17H2,1H3,(H,26,30). The topological polar surface area (TPSA) is 58.1 Å². The van der Waals surface area contributed by atoms with E-state index in [4.69, 9.17) is 0 Å². The fraction of sp³-hybridized carbons (Fsp3) is 0.320. The maximum atomic E-state index is 12.8. The fourth-order valence-corrected chi connectivity index (χ4v) is 4.64. The molecule has 0 unspecified atom stereocenters. The number of thioether (sulfide) groups is 1. The van der Waals surface area contributed by atoms with Gasteiger partial charge in [-0.1, -0.05) is 44.0 Å². The number of amides is 1. The van der Waals surface area contributed by atoms with Crippen molar-refractivity contribution < 1.29 is 4.79 Å². The van der Waals surface area contributed by atoms with E-state index in [1.807, 2.05) is 54.6 Å². The van der Waals surface area contributed by atoms with Crippen LogP contribution in [0.3, 0.4) is 0 Å². The van der Waals surface area contributed by atoms with Crippen molar-refractivity contribution in [3.63, 3.8) is 0 Å². The van der Waals surface area contributed by atoms with Gasteiger partial charge in [0.25, 0.3) is 5.91 Å². The summed E-state index contributed by atoms with van der Waals surface area (Å²) >= 11 is 1.67. The van der Waals surface area contributed by atoms with Crippen molar-refractivity contribution in [3.8, 4) is 11.3 Å². The minimum Gasteiger partial charge on any atom is -0.355 e. The quantitative estimate of drug-likeness (QED) is 0.492. The molecular formula is C25H28N4OS. The Balaban J connectivity index is 1.49. The molecule has 4 rings (SSSR count). The van der Waals surface area contributed by atoms with E-state index in [0.717, 1.165) is 46.5 Å². The van der Waals surface area contributed by atoms with Crippen molar-refractivity contribution in [2.75, 3.05) is 29.1 Å². The Morgan fingerprint density at radius 2 is 1.77 bits per heavy atom. The van der Waals surface area contributed by atoms with Gasteiger partial charge in [0.2, 0.25) is 0 Å². The van der Waals surface area contributed by atoms with Crippen LogP contribution in [-0.2, 0) is 0 Å². The average molecular weight is 433 g/mol. The predicted octanol–water partition coefficient (Wildman–Crippen LogP) is 5.89. The van der Waals surface area contributed by atoms with Gasteiger partial charge in [-0.05, 0) is 55.0 Å². The number of nitrogens with one attached hydrogen (secondary N) is 1. The zero-order valence-electron chi connectivity index (χ0n) is 17.9. The molecule has 0 aliphatic carbocycles. The molecule has 1 amide bonds. The zero-order valence-corrected chi connectivity index (χ0v) is 18.7. The highest BCUT2D eigenvalue weighted by Crippen LogP contribution is 2.26. The minimum absolute atomic E-state index is 0.101. The molecule has 1 N–H and O–H groups in total. The van der Waals surface area contributed by atoms with Crippen molar-refractivity contribution in [3.05, 3.63) is 66.2 Å². The third-order valence-electron chi connectivity index (χ3n) is 5.43. The van der Waals surface area contributed by atoms with Gasteiger partial charge in [-0.25, -0.2) is 0 Å². The van der Waals surface area contributed by atoms with Crippen molar-refractivity contribution in [2.24, 2.45) is 0 Å². The molecule has 0 atom stereocenters. The van der Waals surface area contributed by atoms with Gasteiger partial charge in [0.05, 0.1) is 11.3 Å². The van der Waals surface area contributed by atoms with Crippen LogP contribution in [0.2, 0.25) is 0 Å². The minimum atomic E-state index is -0.101. The lowest BCUT2D eigenvalue weighted by molar-refractivity contribution is 0.102. The van der Waals surface area contributed by atoms with Crippen LogP contribution in [0.25, 0.3) is 11.3 Å². The van der Waals surface area contributed by atoms with Gasteiger partial charge in [0.15, 0.2) is 5.82 Å². The Morgan fingerprint density at radius 1 is 0.968 bits per heavy atom. The number of anilines is 2. The Bertz CT molecular complexity index is 1010. The number of nitrogens with zero attached hydrogens (tertiary/aromatic N) is 3. The maximum Gasteiger partial charge on any atom is 0.256 e. The first kappa shape index (κ1) is 21.4. The van der Waals surface area contributed by atoms with Gasteiger partial charge in [0.1, 0.15) is 0 Å². The van der Waals surface area contributed by atoms with Crippen LogP contribution < -0.4 is 10.2 Å². The van der Waals surface area contributed by atoms with Crippen molar-refractivity contribution in [2.45, 2.75) is 37.5 Å². The SMILES string of the molecule is CCSc1ccccc1C(=O)Nc1cccc(-c2ccc(N3CCCCCC3)nn2)c1. The highest BCUT2D eigenvalue weighted by molar-refractivity contribution is 7.99. The molecule has 0 saturated carbocycles. The van der Waals surface area contributed by atoms with Crippen LogP contribution in [0.1, 0.15) is 43.0 Å². The molecule has 1 fully saturated rings. The van der Waals surface area contributed by atoms with Crippen LogP contribution in [-0.4, -0.2) is 34.9 Å². The summed E-state index contributed by atoms with van der Waals surface area (Å²) in [6, 6.07) is 19.5. The number of carbonyl (C=O) groups excluding carboxylic acids is 1. The lowest BCUT2D eigenvalue weighted by Crippen LogP contribution is -2.25. The van der Waals surface area contributed by atoms with Gasteiger partial charge >= 0.3 is 0 Å². The molecule has 0 bridgehead atoms. The average Bonchev–Trinajstić information content (AvgIpc) is 3.10. The summed E-state index contributed by atoms with van der Waals surface area (Å²) in [7, 11) is 0. The van der Waals surface area contributed by atoms with Crippen LogP contribution >= 0.6 is 11.8 Å². The van der Waals surface area contributed by atoms with E-state index in [1.165, 1.54) is 25.7 Å². The van der Waals surface area contributed by atoms with E-state index < -0.39 is 0 Å². The molecule has 3 aromatic rings. The monoisotopic (exact) mass is 432 g/mol. The second kappa shape index (κ2) is 10.4. The summed E-state index contributed by atoms with van der Waals surface area (Å²) in [4.78, 5) is 16.2. The van der Waals surface area contributed by atoms with Gasteiger partial charge in [0, 0.05) is 29.2 Å². The van der Waals surface area contributed by atoms with E-state index in [9.17, 15) is 4.79 Å². The largest absolute Gasteiger partial charge is 0.355 e. The summed E-state index contributed by atoms with van der Waals surface area (Å²) in [5.41, 5.74) is 3.18. The van der Waals surface area contributed by atoms with Crippen molar-refractivity contribution in [1.29, 1.82) is 0 Å². The Labute approximate surface area is 188 Å². The van der Waals surface area contributed by atoms with Crippen LogP contribution in [0.4, 0.5) is 11.5 Å². The first-order chi connectivity index (χ1) is 15.2. The van der Waals surface area contributed by atoms with Gasteiger partial charge in [-0.3, -0.25) is 4.79 Å². The molecule has 1 aliphatic rings. The van der Waals surface area contributed by atoms with E-state index in [2.05, 4.69) is 33.4 Å². The van der Waals surface area contributed by atoms with Crippen LogP contribution in [0.5, 0.6) is 0 Å². The van der Waals surface area contributed by atoms with E-state index in [0.29, 0.717) is 5.56 Å². The number of carbonyl (C=O) groups is 1. The van der Waals surface area contributed by atoms with E-state index >= 15 is 0 Å². The first-order valence-corrected chi connectivity index (χ1v) is 12.0. The van der Waals surface area contributed by atoms with E-state index in [-0.39, 0.29) is 5.91 Å². The number of benzene rings is 2. The zero-order chi connectivity index (χ0) is 21.5. The lowest BCUT2D eigenvalue weighted by atomic mass is 10.1. The smallest absolute Gasteiger partial charge is 0.256 e. The summed E-state index contributed by atoms with van der Waals surface area (Å²) in [6.07, 6.45) is 5.01. The van der Waals surface area contributed by atoms with Crippen molar-refractivity contribution >= 4 is 29.2 Å². The number of aromatic nitrogens is 2. The second-order valence-corrected chi connectivity index (χ2v) is 8.95. The van der Waals surface area contributed by atoms with E-state index in [1.54, 1.807) is 11.8 Å². The molecule has 2 aromatic carbocycles. The third-order valence-corrected chi connectivity index (χ3v) is 6.38. The summed E-state index contributed by atoms with van der Waals surface area (Å²) in [5, 5.41) is 12.0. The first-order valence-electron chi connectivity index (χ1n) is 11.0. The predicted molar refractivity (Wildman–Crippen MR) is 129 cm³/mol. The molecule has 160 valence electrons. The highest BCUT2D eigenvalue weighted by Gasteiger charge is 2.13. The molecule has 31 heavy (non-hydrogen) atoms. The number of rotatable bonds is 6. The maximum absolute atomic E-state index is 12.8. The molecule has 1 saturated heterocycles. The molecule has 2 heterocycles. The summed E-state index contributed by atoms with van der Waals surface area (Å²) in [5.74, 6) is 1.77.